The number of carbonyl (C=O) groups excluding carboxylic acids is 1. The topological polar surface area (TPSA) is 65.8 Å². The molecule has 2 saturated heterocycles. The number of nitrogens with zero attached hydrogens (tertiary/aromatic N) is 3. The van der Waals surface area contributed by atoms with Crippen LogP contribution < -0.4 is 0 Å². The Labute approximate surface area is 126 Å². The molecular weight excluding hydrogens is 270 g/mol. The highest BCUT2D eigenvalue weighted by atomic mass is 16.6. The molecule has 0 aromatic carbocycles. The predicted octanol–water partition coefficient (Wildman–Crippen LogP) is 1.61. The van der Waals surface area contributed by atoms with Crippen molar-refractivity contribution in [2.75, 3.05) is 39.4 Å². The third kappa shape index (κ3) is 3.86. The number of hydrogen-bond acceptors (Lipinski definition) is 5. The quantitative estimate of drug-likeness (QED) is 0.735. The molecule has 1 amide bonds. The molecule has 0 aliphatic carbocycles. The second-order valence-electron chi connectivity index (χ2n) is 6.71. The fourth-order valence-corrected chi connectivity index (χ4v) is 2.85. The van der Waals surface area contributed by atoms with Crippen LogP contribution in [-0.2, 0) is 9.47 Å². The minimum atomic E-state index is -0.469. The van der Waals surface area contributed by atoms with Crippen molar-refractivity contribution in [3.05, 3.63) is 0 Å². The maximum Gasteiger partial charge on any atom is 0.410 e. The number of piperazine rings is 1. The van der Waals surface area contributed by atoms with Crippen LogP contribution in [0, 0.1) is 11.3 Å². The molecular formula is C15H25N3O3. The summed E-state index contributed by atoms with van der Waals surface area (Å²) in [4.78, 5) is 16.0. The Hall–Kier alpha value is -1.32. The molecule has 0 spiro atoms. The summed E-state index contributed by atoms with van der Waals surface area (Å²) in [5.41, 5.74) is -0.888. The first kappa shape index (κ1) is 16.1. The van der Waals surface area contributed by atoms with E-state index in [0.717, 1.165) is 12.8 Å². The molecule has 2 aliphatic rings. The summed E-state index contributed by atoms with van der Waals surface area (Å²) in [5, 5.41) is 9.57. The highest BCUT2D eigenvalue weighted by molar-refractivity contribution is 5.68. The number of ether oxygens (including phenoxy) is 2. The lowest BCUT2D eigenvalue weighted by molar-refractivity contribution is -0.0272. The van der Waals surface area contributed by atoms with Crippen molar-refractivity contribution >= 4 is 6.09 Å². The minimum Gasteiger partial charge on any atom is -0.444 e. The van der Waals surface area contributed by atoms with Crippen LogP contribution in [0.2, 0.25) is 0 Å². The van der Waals surface area contributed by atoms with E-state index in [1.54, 1.807) is 4.90 Å². The molecule has 0 radical (unpaired) electrons. The molecule has 6 nitrogen and oxygen atoms in total. The summed E-state index contributed by atoms with van der Waals surface area (Å²) in [7, 11) is 0. The molecule has 0 unspecified atom stereocenters. The molecule has 2 heterocycles. The van der Waals surface area contributed by atoms with Crippen molar-refractivity contribution in [2.24, 2.45) is 0 Å². The van der Waals surface area contributed by atoms with E-state index >= 15 is 0 Å². The molecule has 0 bridgehead atoms. The monoisotopic (exact) mass is 295 g/mol. The highest BCUT2D eigenvalue weighted by Gasteiger charge is 2.41. The first-order valence-corrected chi connectivity index (χ1v) is 7.58. The van der Waals surface area contributed by atoms with Gasteiger partial charge in [-0.2, -0.15) is 5.26 Å². The number of amides is 1. The van der Waals surface area contributed by atoms with Gasteiger partial charge in [0.2, 0.25) is 0 Å². The van der Waals surface area contributed by atoms with E-state index in [2.05, 4.69) is 11.0 Å². The van der Waals surface area contributed by atoms with E-state index in [4.69, 9.17) is 9.47 Å². The van der Waals surface area contributed by atoms with E-state index in [-0.39, 0.29) is 6.09 Å². The second-order valence-corrected chi connectivity index (χ2v) is 6.71. The summed E-state index contributed by atoms with van der Waals surface area (Å²) < 4.78 is 10.8. The molecule has 0 saturated carbocycles. The van der Waals surface area contributed by atoms with Gasteiger partial charge in [0.15, 0.2) is 0 Å². The smallest absolute Gasteiger partial charge is 0.410 e. The van der Waals surface area contributed by atoms with Crippen LogP contribution in [0.5, 0.6) is 0 Å². The average molecular weight is 295 g/mol. The van der Waals surface area contributed by atoms with Gasteiger partial charge in [0.1, 0.15) is 11.1 Å². The summed E-state index contributed by atoms with van der Waals surface area (Å²) >= 11 is 0. The molecule has 2 fully saturated rings. The minimum absolute atomic E-state index is 0.264. The number of hydrogen-bond donors (Lipinski definition) is 0. The van der Waals surface area contributed by atoms with Gasteiger partial charge in [0.25, 0.3) is 0 Å². The molecule has 0 aromatic rings. The van der Waals surface area contributed by atoms with Gasteiger partial charge in [-0.1, -0.05) is 0 Å². The Morgan fingerprint density at radius 3 is 2.24 bits per heavy atom. The Morgan fingerprint density at radius 1 is 1.19 bits per heavy atom. The number of carbonyl (C=O) groups is 1. The van der Waals surface area contributed by atoms with Gasteiger partial charge in [-0.25, -0.2) is 4.79 Å². The summed E-state index contributed by atoms with van der Waals surface area (Å²) in [6.07, 6.45) is 1.23. The van der Waals surface area contributed by atoms with Crippen molar-refractivity contribution in [1.82, 2.24) is 9.80 Å². The Balaban J connectivity index is 1.91. The molecule has 118 valence electrons. The largest absolute Gasteiger partial charge is 0.444 e. The van der Waals surface area contributed by atoms with Crippen LogP contribution in [0.25, 0.3) is 0 Å². The van der Waals surface area contributed by atoms with Crippen LogP contribution >= 0.6 is 0 Å². The normalized spacial score (nSPS) is 23.4. The first-order chi connectivity index (χ1) is 9.86. The lowest BCUT2D eigenvalue weighted by Gasteiger charge is -2.45. The lowest BCUT2D eigenvalue weighted by atomic mass is 9.89. The van der Waals surface area contributed by atoms with Crippen LogP contribution in [0.1, 0.15) is 33.6 Å². The fourth-order valence-electron chi connectivity index (χ4n) is 2.85. The summed E-state index contributed by atoms with van der Waals surface area (Å²) in [5.74, 6) is 0. The molecule has 6 heteroatoms. The van der Waals surface area contributed by atoms with Crippen molar-refractivity contribution in [2.45, 2.75) is 44.8 Å². The lowest BCUT2D eigenvalue weighted by Crippen LogP contribution is -2.59. The number of nitriles is 1. The van der Waals surface area contributed by atoms with Crippen molar-refractivity contribution in [3.63, 3.8) is 0 Å². The zero-order valence-corrected chi connectivity index (χ0v) is 13.2. The predicted molar refractivity (Wildman–Crippen MR) is 77.8 cm³/mol. The number of rotatable bonds is 1. The standard InChI is InChI=1S/C15H25N3O3/c1-14(2,3)21-13(19)17-6-8-18(9-7-17)15(12-16)4-10-20-11-5-15/h4-11H2,1-3H3. The van der Waals surface area contributed by atoms with Gasteiger partial charge < -0.3 is 14.4 Å². The van der Waals surface area contributed by atoms with E-state index < -0.39 is 11.1 Å². The molecule has 21 heavy (non-hydrogen) atoms. The van der Waals surface area contributed by atoms with Gasteiger partial charge in [0.05, 0.1) is 6.07 Å². The van der Waals surface area contributed by atoms with Gasteiger partial charge in [0, 0.05) is 52.2 Å². The van der Waals surface area contributed by atoms with Gasteiger partial charge >= 0.3 is 6.09 Å². The van der Waals surface area contributed by atoms with Gasteiger partial charge in [-0.05, 0) is 20.8 Å². The van der Waals surface area contributed by atoms with Crippen molar-refractivity contribution < 1.29 is 14.3 Å². The average Bonchev–Trinajstić information content (AvgIpc) is 2.46. The Bertz CT molecular complexity index is 411. The second kappa shape index (κ2) is 6.20. The van der Waals surface area contributed by atoms with Crippen LogP contribution in [0.15, 0.2) is 0 Å². The molecule has 2 rings (SSSR count). The van der Waals surface area contributed by atoms with E-state index in [0.29, 0.717) is 39.4 Å². The SMILES string of the molecule is CC(C)(C)OC(=O)N1CCN(C2(C#N)CCOCC2)CC1. The molecule has 2 aliphatic heterocycles. The van der Waals surface area contributed by atoms with Crippen molar-refractivity contribution in [1.29, 1.82) is 5.26 Å². The maximum atomic E-state index is 12.0. The van der Waals surface area contributed by atoms with Crippen LogP contribution in [0.3, 0.4) is 0 Å². The van der Waals surface area contributed by atoms with Crippen molar-refractivity contribution in [3.8, 4) is 6.07 Å². The van der Waals surface area contributed by atoms with Crippen LogP contribution in [0.4, 0.5) is 4.79 Å². The zero-order chi connectivity index (χ0) is 15.5. The Kier molecular flexibility index (Phi) is 4.74. The molecule has 0 atom stereocenters. The van der Waals surface area contributed by atoms with Gasteiger partial charge in [-0.15, -0.1) is 0 Å². The fraction of sp³-hybridized carbons (Fsp3) is 0.867. The third-order valence-corrected chi connectivity index (χ3v) is 4.06. The van der Waals surface area contributed by atoms with Gasteiger partial charge in [-0.3, -0.25) is 4.90 Å². The summed E-state index contributed by atoms with van der Waals surface area (Å²) in [6.45, 7) is 9.53. The maximum absolute atomic E-state index is 12.0. The van der Waals surface area contributed by atoms with E-state index in [1.807, 2.05) is 20.8 Å². The third-order valence-electron chi connectivity index (χ3n) is 4.06. The van der Waals surface area contributed by atoms with E-state index in [9.17, 15) is 10.1 Å². The zero-order valence-electron chi connectivity index (χ0n) is 13.2. The van der Waals surface area contributed by atoms with Crippen LogP contribution in [-0.4, -0.2) is 66.4 Å². The molecule has 0 N–H and O–H groups in total. The first-order valence-electron chi connectivity index (χ1n) is 7.58. The summed E-state index contributed by atoms with van der Waals surface area (Å²) in [6, 6.07) is 2.48. The Morgan fingerprint density at radius 2 is 1.76 bits per heavy atom. The highest BCUT2D eigenvalue weighted by Crippen LogP contribution is 2.28. The molecule has 0 aromatic heterocycles. The van der Waals surface area contributed by atoms with E-state index in [1.165, 1.54) is 0 Å².